The first-order valence-electron chi connectivity index (χ1n) is 16.6. The molecular formula is C42H30N2O12. The van der Waals surface area contributed by atoms with E-state index in [1.165, 1.54) is 18.2 Å². The Morgan fingerprint density at radius 3 is 1.34 bits per heavy atom. The highest BCUT2D eigenvalue weighted by Crippen LogP contribution is 2.32. The minimum atomic E-state index is -1.37. The normalized spacial score (nSPS) is 11.2. The zero-order valence-corrected chi connectivity index (χ0v) is 28.9. The van der Waals surface area contributed by atoms with Gasteiger partial charge >= 0.3 is 23.9 Å². The van der Waals surface area contributed by atoms with Gasteiger partial charge in [0, 0.05) is 5.69 Å². The molecule has 6 aromatic rings. The molecular weight excluding hydrogens is 724 g/mol. The molecule has 6 aromatic carbocycles. The maximum absolute atomic E-state index is 12.8. The maximum Gasteiger partial charge on any atom is 0.336 e. The van der Waals surface area contributed by atoms with Crippen molar-refractivity contribution in [2.24, 2.45) is 0 Å². The number of carbonyl (C=O) groups is 5. The fourth-order valence-electron chi connectivity index (χ4n) is 5.74. The second-order valence-corrected chi connectivity index (χ2v) is 12.1. The van der Waals surface area contributed by atoms with Gasteiger partial charge in [0.25, 0.3) is 5.91 Å². The van der Waals surface area contributed by atoms with Gasteiger partial charge in [-0.25, -0.2) is 19.2 Å². The molecule has 14 nitrogen and oxygen atoms in total. The van der Waals surface area contributed by atoms with Crippen LogP contribution in [0.2, 0.25) is 0 Å². The zero-order chi connectivity index (χ0) is 39.9. The lowest BCUT2D eigenvalue weighted by atomic mass is 9.93. The van der Waals surface area contributed by atoms with Crippen molar-refractivity contribution in [1.29, 1.82) is 0 Å². The number of rotatable bonds is 14. The molecule has 0 aliphatic carbocycles. The van der Waals surface area contributed by atoms with Crippen LogP contribution in [-0.4, -0.2) is 55.4 Å². The number of anilines is 1. The molecule has 0 heterocycles. The Kier molecular flexibility index (Phi) is 11.2. The lowest BCUT2D eigenvalue weighted by molar-refractivity contribution is 0.0677. The van der Waals surface area contributed by atoms with E-state index < -0.39 is 35.8 Å². The molecule has 0 aromatic heterocycles. The summed E-state index contributed by atoms with van der Waals surface area (Å²) in [5.41, 5.74) is 3.62. The zero-order valence-electron chi connectivity index (χ0n) is 28.9. The summed E-state index contributed by atoms with van der Waals surface area (Å²) in [4.78, 5) is 59.0. The third kappa shape index (κ3) is 8.69. The molecule has 0 fully saturated rings. The van der Waals surface area contributed by atoms with Crippen molar-refractivity contribution in [2.45, 2.75) is 6.04 Å². The quantitative estimate of drug-likeness (QED) is 0.0523. The Labute approximate surface area is 317 Å². The van der Waals surface area contributed by atoms with Gasteiger partial charge in [-0.3, -0.25) is 4.79 Å². The third-order valence-electron chi connectivity index (χ3n) is 8.55. The first-order chi connectivity index (χ1) is 26.9. The second kappa shape index (κ2) is 16.5. The van der Waals surface area contributed by atoms with Crippen molar-refractivity contribution in [2.75, 3.05) is 5.32 Å². The third-order valence-corrected chi connectivity index (χ3v) is 8.55. The Bertz CT molecular complexity index is 2450. The fraction of sp³-hybridized carbons (Fsp3) is 0.0238. The summed E-state index contributed by atoms with van der Waals surface area (Å²) in [6.45, 7) is 0. The molecule has 56 heavy (non-hydrogen) atoms. The van der Waals surface area contributed by atoms with Crippen molar-refractivity contribution in [3.63, 3.8) is 0 Å². The number of nitrogens with one attached hydrogen (secondary N) is 2. The molecule has 0 saturated heterocycles. The van der Waals surface area contributed by atoms with Crippen molar-refractivity contribution in [3.05, 3.63) is 172 Å². The Hall–Kier alpha value is -7.81. The van der Waals surface area contributed by atoms with E-state index in [1.54, 1.807) is 72.8 Å². The first kappa shape index (κ1) is 37.9. The topological polar surface area (TPSA) is 229 Å². The molecule has 1 unspecified atom stereocenters. The van der Waals surface area contributed by atoms with E-state index in [0.717, 1.165) is 29.3 Å². The molecule has 0 radical (unpaired) electrons. The van der Waals surface area contributed by atoms with Crippen molar-refractivity contribution in [3.8, 4) is 34.1 Å². The summed E-state index contributed by atoms with van der Waals surface area (Å²) in [6, 6.07) is 33.2. The maximum atomic E-state index is 12.8. The standard InChI is InChI=1S/C42H30N2O12/c45-38(36-22-27(40(48)49)8-20-34(36)42(52)53)43-28-9-17-32(18-10-28)56-30-13-3-24(4-14-30)23-1-11-29(12-2-23)55-31-15-5-25(6-16-31)37(44-54)35-21-26(39(46)47)7-19-33(35)41(50)51/h1-22,37,44,54H,(H,43,45)(H,46,47)(H,48,49)(H,50,51)(H,52,53). The second-order valence-electron chi connectivity index (χ2n) is 12.1. The molecule has 0 bridgehead atoms. The summed E-state index contributed by atoms with van der Waals surface area (Å²) in [6.07, 6.45) is 0. The number of amides is 1. The summed E-state index contributed by atoms with van der Waals surface area (Å²) in [5, 5.41) is 50.2. The number of carbonyl (C=O) groups excluding carboxylic acids is 1. The van der Waals surface area contributed by atoms with Crippen LogP contribution in [0.25, 0.3) is 11.1 Å². The first-order valence-corrected chi connectivity index (χ1v) is 16.6. The minimum Gasteiger partial charge on any atom is -0.478 e. The van der Waals surface area contributed by atoms with Crippen LogP contribution in [0.3, 0.4) is 0 Å². The Balaban J connectivity index is 1.06. The van der Waals surface area contributed by atoms with Gasteiger partial charge in [0.05, 0.1) is 33.9 Å². The molecule has 7 N–H and O–H groups in total. The lowest BCUT2D eigenvalue weighted by Gasteiger charge is -2.19. The molecule has 14 heteroatoms. The number of hydrogen-bond donors (Lipinski definition) is 7. The number of carboxylic acid groups (broad SMARTS) is 4. The predicted molar refractivity (Wildman–Crippen MR) is 200 cm³/mol. The van der Waals surface area contributed by atoms with E-state index in [1.807, 2.05) is 24.3 Å². The molecule has 0 spiro atoms. The monoisotopic (exact) mass is 754 g/mol. The predicted octanol–water partition coefficient (Wildman–Crippen LogP) is 8.05. The highest BCUT2D eigenvalue weighted by molar-refractivity contribution is 6.11. The number of hydrogen-bond acceptors (Lipinski definition) is 9. The highest BCUT2D eigenvalue weighted by Gasteiger charge is 2.23. The number of carboxylic acids is 4. The van der Waals surface area contributed by atoms with Crippen LogP contribution in [-0.2, 0) is 0 Å². The van der Waals surface area contributed by atoms with Crippen LogP contribution in [0.5, 0.6) is 23.0 Å². The molecule has 1 amide bonds. The number of aromatic carboxylic acids is 4. The molecule has 0 aliphatic rings. The van der Waals surface area contributed by atoms with Crippen molar-refractivity contribution in [1.82, 2.24) is 5.48 Å². The smallest absolute Gasteiger partial charge is 0.336 e. The van der Waals surface area contributed by atoms with Crippen LogP contribution < -0.4 is 20.3 Å². The summed E-state index contributed by atoms with van der Waals surface area (Å²) in [7, 11) is 0. The van der Waals surface area contributed by atoms with Crippen LogP contribution in [0, 0.1) is 0 Å². The average Bonchev–Trinajstić information content (AvgIpc) is 3.19. The van der Waals surface area contributed by atoms with E-state index in [2.05, 4.69) is 10.8 Å². The Morgan fingerprint density at radius 2 is 0.893 bits per heavy atom. The Morgan fingerprint density at radius 1 is 0.464 bits per heavy atom. The summed E-state index contributed by atoms with van der Waals surface area (Å²) >= 11 is 0. The number of ether oxygens (including phenoxy) is 2. The van der Waals surface area contributed by atoms with E-state index >= 15 is 0 Å². The van der Waals surface area contributed by atoms with Crippen LogP contribution >= 0.6 is 0 Å². The lowest BCUT2D eigenvalue weighted by Crippen LogP contribution is -2.21. The van der Waals surface area contributed by atoms with Crippen LogP contribution in [0.1, 0.15) is 69.0 Å². The van der Waals surface area contributed by atoms with Crippen LogP contribution in [0.4, 0.5) is 5.69 Å². The summed E-state index contributed by atoms with van der Waals surface area (Å²) in [5.74, 6) is -3.95. The van der Waals surface area contributed by atoms with E-state index in [0.29, 0.717) is 34.2 Å². The van der Waals surface area contributed by atoms with Gasteiger partial charge in [-0.1, -0.05) is 36.4 Å². The number of hydroxylamine groups is 1. The molecule has 0 saturated carbocycles. The molecule has 280 valence electrons. The largest absolute Gasteiger partial charge is 0.478 e. The molecule has 0 aliphatic heterocycles. The van der Waals surface area contributed by atoms with Gasteiger partial charge in [-0.15, -0.1) is 0 Å². The van der Waals surface area contributed by atoms with E-state index in [4.69, 9.17) is 9.47 Å². The fourth-order valence-corrected chi connectivity index (χ4v) is 5.74. The summed E-state index contributed by atoms with van der Waals surface area (Å²) < 4.78 is 11.9. The van der Waals surface area contributed by atoms with Gasteiger partial charge in [0.15, 0.2) is 0 Å². The highest BCUT2D eigenvalue weighted by atomic mass is 16.5. The van der Waals surface area contributed by atoms with Gasteiger partial charge in [0.2, 0.25) is 0 Å². The van der Waals surface area contributed by atoms with E-state index in [9.17, 15) is 49.6 Å². The average molecular weight is 755 g/mol. The van der Waals surface area contributed by atoms with Gasteiger partial charge in [0.1, 0.15) is 23.0 Å². The molecule has 6 rings (SSSR count). The van der Waals surface area contributed by atoms with E-state index in [-0.39, 0.29) is 33.4 Å². The van der Waals surface area contributed by atoms with Gasteiger partial charge in [-0.2, -0.15) is 5.48 Å². The van der Waals surface area contributed by atoms with Crippen molar-refractivity contribution >= 4 is 35.5 Å². The van der Waals surface area contributed by atoms with Gasteiger partial charge in [-0.05, 0) is 119 Å². The van der Waals surface area contributed by atoms with Crippen LogP contribution in [0.15, 0.2) is 133 Å². The SMILES string of the molecule is O=C(O)c1ccc(C(=O)O)c(C(=O)Nc2ccc(Oc3ccc(-c4ccc(Oc5ccc(C(NO)c6cc(C(=O)O)ccc6C(=O)O)cc5)cc4)cc3)cc2)c1. The molecule has 1 atom stereocenters. The minimum absolute atomic E-state index is 0.0743. The van der Waals surface area contributed by atoms with Gasteiger partial charge < -0.3 is 40.4 Å². The number of benzene rings is 6. The van der Waals surface area contributed by atoms with Crippen molar-refractivity contribution < 1.29 is 59.1 Å².